The molecular weight excluding hydrogens is 208 g/mol. The van der Waals surface area contributed by atoms with Crippen molar-refractivity contribution in [2.45, 2.75) is 0 Å². The van der Waals surface area contributed by atoms with Crippen LogP contribution in [0.15, 0.2) is 30.5 Å². The van der Waals surface area contributed by atoms with Crippen molar-refractivity contribution in [3.05, 3.63) is 36.2 Å². The van der Waals surface area contributed by atoms with E-state index in [4.69, 9.17) is 5.11 Å². The molecule has 2 rings (SSSR count). The van der Waals surface area contributed by atoms with Crippen LogP contribution in [0.25, 0.3) is 11.1 Å². The highest BCUT2D eigenvalue weighted by molar-refractivity contribution is 5.95. The minimum atomic E-state index is -1.07. The number of phenolic OH excluding ortho intramolecular Hbond substituents is 1. The minimum absolute atomic E-state index is 0.0398. The van der Waals surface area contributed by atoms with E-state index in [-0.39, 0.29) is 11.4 Å². The van der Waals surface area contributed by atoms with Crippen LogP contribution >= 0.6 is 0 Å². The zero-order valence-electron chi connectivity index (χ0n) is 8.58. The molecule has 0 unspecified atom stereocenters. The average molecular weight is 218 g/mol. The van der Waals surface area contributed by atoms with Gasteiger partial charge < -0.3 is 10.2 Å². The van der Waals surface area contributed by atoms with Gasteiger partial charge in [-0.15, -0.1) is 0 Å². The van der Waals surface area contributed by atoms with Gasteiger partial charge in [0, 0.05) is 18.2 Å². The van der Waals surface area contributed by atoms with Crippen LogP contribution in [0.3, 0.4) is 0 Å². The van der Waals surface area contributed by atoms with E-state index in [9.17, 15) is 9.90 Å². The topological polar surface area (TPSA) is 75.3 Å². The number of para-hydroxylation sites is 1. The van der Waals surface area contributed by atoms with Crippen molar-refractivity contribution in [3.8, 4) is 16.9 Å². The standard InChI is InChI=1S/C11H10N2O3/c1-13-10(11(15)16)8(6-12-13)7-4-2-3-5-9(7)14/h2-6,14H,1H3,(H,15,16). The molecule has 0 amide bonds. The predicted molar refractivity (Wildman–Crippen MR) is 57.3 cm³/mol. The summed E-state index contributed by atoms with van der Waals surface area (Å²) in [5.74, 6) is -1.03. The number of aromatic hydroxyl groups is 1. The molecule has 2 N–H and O–H groups in total. The lowest BCUT2D eigenvalue weighted by molar-refractivity contribution is 0.0686. The number of aromatic nitrogens is 2. The fourth-order valence-electron chi connectivity index (χ4n) is 1.59. The Morgan fingerprint density at radius 1 is 1.31 bits per heavy atom. The number of carboxylic acid groups (broad SMARTS) is 1. The molecule has 0 saturated carbocycles. The van der Waals surface area contributed by atoms with Gasteiger partial charge in [-0.25, -0.2) is 4.79 Å². The Balaban J connectivity index is 2.66. The average Bonchev–Trinajstić information content (AvgIpc) is 2.61. The molecule has 1 heterocycles. The summed E-state index contributed by atoms with van der Waals surface area (Å²) in [4.78, 5) is 11.0. The van der Waals surface area contributed by atoms with Crippen molar-refractivity contribution < 1.29 is 15.0 Å². The fourth-order valence-corrected chi connectivity index (χ4v) is 1.59. The summed E-state index contributed by atoms with van der Waals surface area (Å²) < 4.78 is 1.27. The molecule has 2 aromatic rings. The summed E-state index contributed by atoms with van der Waals surface area (Å²) in [7, 11) is 1.55. The van der Waals surface area contributed by atoms with Gasteiger partial charge in [0.1, 0.15) is 5.75 Å². The van der Waals surface area contributed by atoms with Gasteiger partial charge in [-0.2, -0.15) is 5.10 Å². The number of aromatic carboxylic acids is 1. The van der Waals surface area contributed by atoms with E-state index in [2.05, 4.69) is 5.10 Å². The Bertz CT molecular complexity index is 546. The van der Waals surface area contributed by atoms with Gasteiger partial charge in [0.05, 0.1) is 6.20 Å². The maximum atomic E-state index is 11.0. The molecule has 0 saturated heterocycles. The van der Waals surface area contributed by atoms with Crippen LogP contribution in [-0.2, 0) is 7.05 Å². The van der Waals surface area contributed by atoms with Gasteiger partial charge in [-0.1, -0.05) is 18.2 Å². The van der Waals surface area contributed by atoms with Gasteiger partial charge in [0.2, 0.25) is 0 Å². The molecule has 5 nitrogen and oxygen atoms in total. The Labute approximate surface area is 91.6 Å². The third kappa shape index (κ3) is 1.52. The van der Waals surface area contributed by atoms with Crippen LogP contribution in [0.5, 0.6) is 5.75 Å². The number of rotatable bonds is 2. The molecule has 0 atom stereocenters. The fraction of sp³-hybridized carbons (Fsp3) is 0.0909. The van der Waals surface area contributed by atoms with E-state index < -0.39 is 5.97 Å². The molecule has 0 spiro atoms. The van der Waals surface area contributed by atoms with Crippen LogP contribution in [0, 0.1) is 0 Å². The lowest BCUT2D eigenvalue weighted by atomic mass is 10.1. The first-order valence-electron chi connectivity index (χ1n) is 4.65. The third-order valence-corrected chi connectivity index (χ3v) is 2.34. The minimum Gasteiger partial charge on any atom is -0.507 e. The normalized spacial score (nSPS) is 10.3. The molecule has 0 aliphatic heterocycles. The van der Waals surface area contributed by atoms with E-state index in [0.29, 0.717) is 11.1 Å². The molecule has 1 aromatic carbocycles. The highest BCUT2D eigenvalue weighted by atomic mass is 16.4. The van der Waals surface area contributed by atoms with E-state index in [1.165, 1.54) is 16.9 Å². The summed E-state index contributed by atoms with van der Waals surface area (Å²) in [5.41, 5.74) is 0.933. The summed E-state index contributed by atoms with van der Waals surface area (Å²) >= 11 is 0. The predicted octanol–water partition coefficient (Wildman–Crippen LogP) is 1.49. The summed E-state index contributed by atoms with van der Waals surface area (Å²) in [6.45, 7) is 0. The second-order valence-electron chi connectivity index (χ2n) is 3.35. The largest absolute Gasteiger partial charge is 0.507 e. The molecule has 0 aliphatic rings. The van der Waals surface area contributed by atoms with Gasteiger partial charge in [0.25, 0.3) is 0 Å². The molecule has 16 heavy (non-hydrogen) atoms. The second kappa shape index (κ2) is 3.69. The molecule has 1 aromatic heterocycles. The number of hydrogen-bond donors (Lipinski definition) is 2. The van der Waals surface area contributed by atoms with E-state index in [1.54, 1.807) is 25.2 Å². The van der Waals surface area contributed by atoms with E-state index >= 15 is 0 Å². The number of benzene rings is 1. The molecule has 0 fully saturated rings. The highest BCUT2D eigenvalue weighted by Crippen LogP contribution is 2.30. The smallest absolute Gasteiger partial charge is 0.354 e. The Morgan fingerprint density at radius 3 is 2.62 bits per heavy atom. The lowest BCUT2D eigenvalue weighted by Crippen LogP contribution is -2.06. The van der Waals surface area contributed by atoms with Crippen molar-refractivity contribution in [3.63, 3.8) is 0 Å². The Morgan fingerprint density at radius 2 is 2.00 bits per heavy atom. The molecule has 0 radical (unpaired) electrons. The molecular formula is C11H10N2O3. The number of nitrogens with zero attached hydrogens (tertiary/aromatic N) is 2. The Kier molecular flexibility index (Phi) is 2.36. The summed E-state index contributed by atoms with van der Waals surface area (Å²) in [5, 5.41) is 22.6. The zero-order chi connectivity index (χ0) is 11.7. The maximum Gasteiger partial charge on any atom is 0.354 e. The van der Waals surface area contributed by atoms with Crippen LogP contribution in [0.2, 0.25) is 0 Å². The first kappa shape index (κ1) is 10.2. The molecule has 0 bridgehead atoms. The number of hydrogen-bond acceptors (Lipinski definition) is 3. The summed E-state index contributed by atoms with van der Waals surface area (Å²) in [6, 6.07) is 6.57. The van der Waals surface area contributed by atoms with Crippen molar-refractivity contribution in [1.29, 1.82) is 0 Å². The highest BCUT2D eigenvalue weighted by Gasteiger charge is 2.18. The van der Waals surface area contributed by atoms with Crippen molar-refractivity contribution in [2.75, 3.05) is 0 Å². The van der Waals surface area contributed by atoms with Crippen molar-refractivity contribution in [1.82, 2.24) is 9.78 Å². The molecule has 5 heteroatoms. The van der Waals surface area contributed by atoms with Gasteiger partial charge in [0.15, 0.2) is 5.69 Å². The third-order valence-electron chi connectivity index (χ3n) is 2.34. The van der Waals surface area contributed by atoms with Crippen LogP contribution in [0.4, 0.5) is 0 Å². The maximum absolute atomic E-state index is 11.0. The Hall–Kier alpha value is -2.30. The monoisotopic (exact) mass is 218 g/mol. The molecule has 0 aliphatic carbocycles. The SMILES string of the molecule is Cn1ncc(-c2ccccc2O)c1C(=O)O. The first-order valence-corrected chi connectivity index (χ1v) is 4.65. The molecule has 82 valence electrons. The van der Waals surface area contributed by atoms with Crippen molar-refractivity contribution >= 4 is 5.97 Å². The van der Waals surface area contributed by atoms with Crippen LogP contribution < -0.4 is 0 Å². The quantitative estimate of drug-likeness (QED) is 0.800. The number of carbonyl (C=O) groups is 1. The zero-order valence-corrected chi connectivity index (χ0v) is 8.58. The number of aryl methyl sites for hydroxylation is 1. The van der Waals surface area contributed by atoms with E-state index in [0.717, 1.165) is 0 Å². The van der Waals surface area contributed by atoms with E-state index in [1.807, 2.05) is 0 Å². The lowest BCUT2D eigenvalue weighted by Gasteiger charge is -2.03. The van der Waals surface area contributed by atoms with Crippen LogP contribution in [0.1, 0.15) is 10.5 Å². The van der Waals surface area contributed by atoms with Gasteiger partial charge in [-0.3, -0.25) is 4.68 Å². The van der Waals surface area contributed by atoms with Gasteiger partial charge >= 0.3 is 5.97 Å². The van der Waals surface area contributed by atoms with Gasteiger partial charge in [-0.05, 0) is 6.07 Å². The van der Waals surface area contributed by atoms with Crippen molar-refractivity contribution in [2.24, 2.45) is 7.05 Å². The number of phenols is 1. The van der Waals surface area contributed by atoms with Crippen LogP contribution in [-0.4, -0.2) is 26.0 Å². The first-order chi connectivity index (χ1) is 7.61. The second-order valence-corrected chi connectivity index (χ2v) is 3.35. The number of carboxylic acids is 1. The summed E-state index contributed by atoms with van der Waals surface area (Å²) in [6.07, 6.45) is 1.43.